The fourth-order valence-electron chi connectivity index (χ4n) is 2.44. The summed E-state index contributed by atoms with van der Waals surface area (Å²) < 4.78 is 0. The highest BCUT2D eigenvalue weighted by Gasteiger charge is 2.23. The summed E-state index contributed by atoms with van der Waals surface area (Å²) in [4.78, 5) is 24.9. The molecule has 0 saturated carbocycles. The van der Waals surface area contributed by atoms with Crippen molar-refractivity contribution in [1.29, 1.82) is 5.26 Å². The molecule has 1 heterocycles. The summed E-state index contributed by atoms with van der Waals surface area (Å²) in [5.41, 5.74) is 0.912. The third kappa shape index (κ3) is 4.03. The molecule has 5 nitrogen and oxygen atoms in total. The number of amides is 1. The third-order valence-corrected chi connectivity index (χ3v) is 3.85. The zero-order valence-corrected chi connectivity index (χ0v) is 12.3. The highest BCUT2D eigenvalue weighted by molar-refractivity contribution is 6.32. The van der Waals surface area contributed by atoms with Gasteiger partial charge in [-0.25, -0.2) is 0 Å². The second-order valence-electron chi connectivity index (χ2n) is 5.02. The zero-order chi connectivity index (χ0) is 15.2. The molecule has 6 heteroatoms. The van der Waals surface area contributed by atoms with Gasteiger partial charge in [-0.2, -0.15) is 5.26 Å². The Morgan fingerprint density at radius 2 is 2.33 bits per heavy atom. The van der Waals surface area contributed by atoms with Gasteiger partial charge in [0.25, 0.3) is 0 Å². The molecule has 1 fully saturated rings. The smallest absolute Gasteiger partial charge is 0.238 e. The molecular formula is C15H16ClN3O2. The fourth-order valence-corrected chi connectivity index (χ4v) is 2.66. The molecule has 1 aromatic carbocycles. The van der Waals surface area contributed by atoms with Crippen LogP contribution < -0.4 is 5.32 Å². The van der Waals surface area contributed by atoms with Crippen LogP contribution in [0.25, 0.3) is 0 Å². The minimum Gasteiger partial charge on any atom is -0.325 e. The minimum absolute atomic E-state index is 0.172. The largest absolute Gasteiger partial charge is 0.325 e. The van der Waals surface area contributed by atoms with E-state index in [1.54, 1.807) is 18.2 Å². The highest BCUT2D eigenvalue weighted by atomic mass is 35.5. The molecule has 2 rings (SSSR count). The van der Waals surface area contributed by atoms with E-state index >= 15 is 0 Å². The molecule has 1 amide bonds. The van der Waals surface area contributed by atoms with E-state index in [1.165, 1.54) is 0 Å². The number of aldehydes is 1. The topological polar surface area (TPSA) is 73.2 Å². The zero-order valence-electron chi connectivity index (χ0n) is 11.5. The van der Waals surface area contributed by atoms with E-state index in [1.807, 2.05) is 11.0 Å². The first-order chi connectivity index (χ1) is 10.1. The van der Waals surface area contributed by atoms with Gasteiger partial charge in [-0.1, -0.05) is 18.0 Å². The van der Waals surface area contributed by atoms with E-state index in [4.69, 9.17) is 16.9 Å². The fraction of sp³-hybridized carbons (Fsp3) is 0.400. The van der Waals surface area contributed by atoms with Crippen molar-refractivity contribution in [3.63, 3.8) is 0 Å². The molecule has 1 aliphatic rings. The van der Waals surface area contributed by atoms with Crippen LogP contribution in [0.5, 0.6) is 0 Å². The number of hydrogen-bond acceptors (Lipinski definition) is 4. The molecule has 1 atom stereocenters. The van der Waals surface area contributed by atoms with Crippen LogP contribution in [0.15, 0.2) is 18.2 Å². The summed E-state index contributed by atoms with van der Waals surface area (Å²) in [6, 6.07) is 6.54. The van der Waals surface area contributed by atoms with Crippen LogP contribution in [0.4, 0.5) is 5.69 Å². The number of likely N-dealkylation sites (tertiary alicyclic amines) is 1. The van der Waals surface area contributed by atoms with Gasteiger partial charge >= 0.3 is 0 Å². The number of halogens is 1. The van der Waals surface area contributed by atoms with Crippen LogP contribution in [0, 0.1) is 11.3 Å². The number of rotatable bonds is 4. The van der Waals surface area contributed by atoms with Gasteiger partial charge in [-0.05, 0) is 37.6 Å². The van der Waals surface area contributed by atoms with Gasteiger partial charge in [0.1, 0.15) is 12.4 Å². The Bertz CT molecular complexity index is 583. The Balaban J connectivity index is 1.96. The second-order valence-corrected chi connectivity index (χ2v) is 5.43. The van der Waals surface area contributed by atoms with E-state index in [-0.39, 0.29) is 18.5 Å². The standard InChI is InChI=1S/C15H16ClN3O2/c16-14-7-12(5-4-11(14)8-17)18-15(21)9-19-6-2-1-3-13(19)10-20/h4-5,7,10,13H,1-3,6,9H2,(H,18,21). The average Bonchev–Trinajstić information content (AvgIpc) is 2.48. The molecule has 0 radical (unpaired) electrons. The predicted octanol–water partition coefficient (Wildman–Crippen LogP) is 2.20. The molecule has 0 aliphatic carbocycles. The third-order valence-electron chi connectivity index (χ3n) is 3.54. The van der Waals surface area contributed by atoms with E-state index in [2.05, 4.69) is 5.32 Å². The van der Waals surface area contributed by atoms with Crippen molar-refractivity contribution in [2.75, 3.05) is 18.4 Å². The lowest BCUT2D eigenvalue weighted by molar-refractivity contribution is -0.120. The van der Waals surface area contributed by atoms with E-state index in [0.717, 1.165) is 32.1 Å². The number of nitriles is 1. The van der Waals surface area contributed by atoms with Crippen molar-refractivity contribution in [1.82, 2.24) is 4.90 Å². The van der Waals surface area contributed by atoms with Crippen molar-refractivity contribution in [3.8, 4) is 6.07 Å². The summed E-state index contributed by atoms with van der Waals surface area (Å²) in [6.45, 7) is 0.936. The normalized spacial score (nSPS) is 18.8. The lowest BCUT2D eigenvalue weighted by Gasteiger charge is -2.31. The van der Waals surface area contributed by atoms with Gasteiger partial charge in [0.15, 0.2) is 0 Å². The Hall–Kier alpha value is -1.90. The number of anilines is 1. The van der Waals surface area contributed by atoms with E-state index in [0.29, 0.717) is 16.3 Å². The minimum atomic E-state index is -0.190. The molecule has 1 unspecified atom stereocenters. The summed E-state index contributed by atoms with van der Waals surface area (Å²) >= 11 is 5.92. The Morgan fingerprint density at radius 1 is 1.52 bits per heavy atom. The van der Waals surface area contributed by atoms with Crippen LogP contribution in [0.3, 0.4) is 0 Å². The lowest BCUT2D eigenvalue weighted by Crippen LogP contribution is -2.44. The van der Waals surface area contributed by atoms with Crippen LogP contribution in [-0.2, 0) is 9.59 Å². The Morgan fingerprint density at radius 3 is 3.00 bits per heavy atom. The molecule has 1 aliphatic heterocycles. The quantitative estimate of drug-likeness (QED) is 0.866. The molecule has 1 N–H and O–H groups in total. The number of piperidine rings is 1. The Labute approximate surface area is 128 Å². The first-order valence-corrected chi connectivity index (χ1v) is 7.20. The van der Waals surface area contributed by atoms with Crippen molar-refractivity contribution in [2.45, 2.75) is 25.3 Å². The maximum atomic E-state index is 12.0. The maximum Gasteiger partial charge on any atom is 0.238 e. The molecule has 110 valence electrons. The van der Waals surface area contributed by atoms with Gasteiger partial charge < -0.3 is 10.1 Å². The number of nitrogens with zero attached hydrogens (tertiary/aromatic N) is 2. The van der Waals surface area contributed by atoms with Crippen LogP contribution in [-0.4, -0.2) is 36.2 Å². The van der Waals surface area contributed by atoms with Gasteiger partial charge in [0.05, 0.1) is 23.2 Å². The number of hydrogen-bond donors (Lipinski definition) is 1. The van der Waals surface area contributed by atoms with Crippen LogP contribution >= 0.6 is 11.6 Å². The van der Waals surface area contributed by atoms with Gasteiger partial charge in [0.2, 0.25) is 5.91 Å². The number of carbonyl (C=O) groups is 2. The first-order valence-electron chi connectivity index (χ1n) is 6.83. The van der Waals surface area contributed by atoms with E-state index in [9.17, 15) is 9.59 Å². The first kappa shape index (κ1) is 15.5. The van der Waals surface area contributed by atoms with Crippen LogP contribution in [0.1, 0.15) is 24.8 Å². The predicted molar refractivity (Wildman–Crippen MR) is 80.1 cm³/mol. The highest BCUT2D eigenvalue weighted by Crippen LogP contribution is 2.20. The van der Waals surface area contributed by atoms with Gasteiger partial charge in [-0.15, -0.1) is 0 Å². The molecule has 21 heavy (non-hydrogen) atoms. The number of nitrogens with one attached hydrogen (secondary N) is 1. The van der Waals surface area contributed by atoms with Crippen molar-refractivity contribution in [3.05, 3.63) is 28.8 Å². The monoisotopic (exact) mass is 305 g/mol. The molecule has 1 saturated heterocycles. The van der Waals surface area contributed by atoms with Crippen molar-refractivity contribution in [2.24, 2.45) is 0 Å². The Kier molecular flexibility index (Phi) is 5.32. The average molecular weight is 306 g/mol. The summed E-state index contributed by atoms with van der Waals surface area (Å²) in [6.07, 6.45) is 3.73. The maximum absolute atomic E-state index is 12.0. The number of benzene rings is 1. The molecule has 0 bridgehead atoms. The summed E-state index contributed by atoms with van der Waals surface area (Å²) in [5, 5.41) is 11.8. The SMILES string of the molecule is N#Cc1ccc(NC(=O)CN2CCCCC2C=O)cc1Cl. The molecule has 0 aromatic heterocycles. The number of carbonyl (C=O) groups excluding carboxylic acids is 2. The molecular weight excluding hydrogens is 290 g/mol. The van der Waals surface area contributed by atoms with Gasteiger partial charge in [0, 0.05) is 5.69 Å². The molecule has 1 aromatic rings. The van der Waals surface area contributed by atoms with Crippen molar-refractivity contribution < 1.29 is 9.59 Å². The van der Waals surface area contributed by atoms with Gasteiger partial charge in [-0.3, -0.25) is 9.69 Å². The van der Waals surface area contributed by atoms with E-state index < -0.39 is 0 Å². The van der Waals surface area contributed by atoms with Crippen LogP contribution in [0.2, 0.25) is 5.02 Å². The molecule has 0 spiro atoms. The summed E-state index contributed by atoms with van der Waals surface area (Å²) in [5.74, 6) is -0.190. The lowest BCUT2D eigenvalue weighted by atomic mass is 10.0. The summed E-state index contributed by atoms with van der Waals surface area (Å²) in [7, 11) is 0. The van der Waals surface area contributed by atoms with Crippen molar-refractivity contribution >= 4 is 29.5 Å². The second kappa shape index (κ2) is 7.21.